The van der Waals surface area contributed by atoms with Crippen molar-refractivity contribution in [2.45, 2.75) is 23.9 Å². The van der Waals surface area contributed by atoms with Gasteiger partial charge in [0.15, 0.2) is 5.16 Å². The largest absolute Gasteiger partial charge is 0.383 e. The standard InChI is InChI=1S/C19H20FN3O2S/c1-13(18(24)21-15-8-4-3-7-14(15)20)26-19-22-16-9-5-6-10-17(16)23(19)11-12-25-2/h3-10,13H,11-12H2,1-2H3,(H,21,24)/t13-/m0/s1. The highest BCUT2D eigenvalue weighted by Gasteiger charge is 2.20. The molecule has 3 rings (SSSR count). The first kappa shape index (κ1) is 18.4. The van der Waals surface area contributed by atoms with Gasteiger partial charge in [-0.15, -0.1) is 0 Å². The van der Waals surface area contributed by atoms with E-state index < -0.39 is 11.1 Å². The maximum absolute atomic E-state index is 13.7. The van der Waals surface area contributed by atoms with Crippen molar-refractivity contribution in [3.63, 3.8) is 0 Å². The van der Waals surface area contributed by atoms with Crippen LogP contribution in [-0.4, -0.2) is 34.4 Å². The molecule has 1 amide bonds. The zero-order valence-corrected chi connectivity index (χ0v) is 15.4. The fourth-order valence-corrected chi connectivity index (χ4v) is 3.50. The van der Waals surface area contributed by atoms with Crippen molar-refractivity contribution >= 4 is 34.4 Å². The van der Waals surface area contributed by atoms with Gasteiger partial charge in [0.1, 0.15) is 5.82 Å². The Labute approximate surface area is 155 Å². The molecule has 1 N–H and O–H groups in total. The molecule has 136 valence electrons. The van der Waals surface area contributed by atoms with Crippen molar-refractivity contribution in [1.82, 2.24) is 9.55 Å². The van der Waals surface area contributed by atoms with Crippen LogP contribution < -0.4 is 5.32 Å². The number of nitrogens with one attached hydrogen (secondary N) is 1. The summed E-state index contributed by atoms with van der Waals surface area (Å²) in [6.07, 6.45) is 0. The number of hydrogen-bond acceptors (Lipinski definition) is 4. The van der Waals surface area contributed by atoms with Crippen LogP contribution in [0.3, 0.4) is 0 Å². The number of para-hydroxylation sites is 3. The Morgan fingerprint density at radius 2 is 2.00 bits per heavy atom. The summed E-state index contributed by atoms with van der Waals surface area (Å²) in [6.45, 7) is 2.96. The zero-order valence-electron chi connectivity index (χ0n) is 14.6. The molecule has 0 aliphatic carbocycles. The van der Waals surface area contributed by atoms with Crippen LogP contribution >= 0.6 is 11.8 Å². The minimum absolute atomic E-state index is 0.179. The Balaban J connectivity index is 1.79. The van der Waals surface area contributed by atoms with Gasteiger partial charge in [-0.2, -0.15) is 0 Å². The smallest absolute Gasteiger partial charge is 0.237 e. The van der Waals surface area contributed by atoms with Gasteiger partial charge in [-0.3, -0.25) is 4.79 Å². The van der Waals surface area contributed by atoms with Gasteiger partial charge in [0.05, 0.1) is 28.6 Å². The van der Waals surface area contributed by atoms with Crippen LogP contribution in [0.15, 0.2) is 53.7 Å². The lowest BCUT2D eigenvalue weighted by Crippen LogP contribution is -2.23. The van der Waals surface area contributed by atoms with E-state index in [1.807, 2.05) is 28.8 Å². The third kappa shape index (κ3) is 4.05. The summed E-state index contributed by atoms with van der Waals surface area (Å²) in [4.78, 5) is 17.1. The van der Waals surface area contributed by atoms with Crippen LogP contribution in [0.1, 0.15) is 6.92 Å². The van der Waals surface area contributed by atoms with Crippen molar-refractivity contribution in [2.75, 3.05) is 19.0 Å². The average Bonchev–Trinajstić information content (AvgIpc) is 2.98. The first-order chi connectivity index (χ1) is 12.6. The molecule has 3 aromatic rings. The highest BCUT2D eigenvalue weighted by Crippen LogP contribution is 2.28. The van der Waals surface area contributed by atoms with Crippen LogP contribution in [0.4, 0.5) is 10.1 Å². The van der Waals surface area contributed by atoms with Gasteiger partial charge in [0.25, 0.3) is 0 Å². The van der Waals surface area contributed by atoms with Gasteiger partial charge in [0, 0.05) is 13.7 Å². The Kier molecular flexibility index (Phi) is 5.90. The van der Waals surface area contributed by atoms with E-state index >= 15 is 0 Å². The van der Waals surface area contributed by atoms with Crippen LogP contribution in [0.5, 0.6) is 0 Å². The van der Waals surface area contributed by atoms with Crippen molar-refractivity contribution in [3.05, 3.63) is 54.3 Å². The molecule has 0 radical (unpaired) electrons. The summed E-state index contributed by atoms with van der Waals surface area (Å²) in [7, 11) is 1.65. The maximum Gasteiger partial charge on any atom is 0.237 e. The quantitative estimate of drug-likeness (QED) is 0.638. The van der Waals surface area contributed by atoms with Crippen molar-refractivity contribution in [1.29, 1.82) is 0 Å². The average molecular weight is 373 g/mol. The number of methoxy groups -OCH3 is 1. The van der Waals surface area contributed by atoms with Crippen molar-refractivity contribution < 1.29 is 13.9 Å². The van der Waals surface area contributed by atoms with Gasteiger partial charge in [-0.05, 0) is 31.2 Å². The Bertz CT molecular complexity index is 913. The minimum atomic E-state index is -0.453. The van der Waals surface area contributed by atoms with Crippen LogP contribution in [0.2, 0.25) is 0 Å². The van der Waals surface area contributed by atoms with Crippen molar-refractivity contribution in [3.8, 4) is 0 Å². The number of hydrogen-bond donors (Lipinski definition) is 1. The number of fused-ring (bicyclic) bond motifs is 1. The van der Waals surface area contributed by atoms with E-state index in [2.05, 4.69) is 10.3 Å². The molecule has 1 heterocycles. The third-order valence-electron chi connectivity index (χ3n) is 3.92. The Hall–Kier alpha value is -2.38. The molecule has 0 aliphatic heterocycles. The molecule has 0 saturated carbocycles. The summed E-state index contributed by atoms with van der Waals surface area (Å²) in [6, 6.07) is 13.9. The number of imidazole rings is 1. The summed E-state index contributed by atoms with van der Waals surface area (Å²) in [5.74, 6) is -0.726. The molecule has 1 aromatic heterocycles. The molecule has 7 heteroatoms. The van der Waals surface area contributed by atoms with Gasteiger partial charge < -0.3 is 14.6 Å². The second-order valence-electron chi connectivity index (χ2n) is 5.76. The van der Waals surface area contributed by atoms with Crippen LogP contribution in [-0.2, 0) is 16.1 Å². The molecular weight excluding hydrogens is 353 g/mol. The first-order valence-electron chi connectivity index (χ1n) is 8.26. The highest BCUT2D eigenvalue weighted by molar-refractivity contribution is 8.00. The lowest BCUT2D eigenvalue weighted by Gasteiger charge is -2.13. The topological polar surface area (TPSA) is 56.1 Å². The lowest BCUT2D eigenvalue weighted by molar-refractivity contribution is -0.115. The van der Waals surface area contributed by atoms with Gasteiger partial charge in [-0.1, -0.05) is 36.0 Å². The molecule has 1 atom stereocenters. The molecule has 5 nitrogen and oxygen atoms in total. The number of thioether (sulfide) groups is 1. The fourth-order valence-electron chi connectivity index (χ4n) is 2.55. The predicted molar refractivity (Wildman–Crippen MR) is 102 cm³/mol. The van der Waals surface area contributed by atoms with E-state index in [-0.39, 0.29) is 11.6 Å². The monoisotopic (exact) mass is 373 g/mol. The Morgan fingerprint density at radius 1 is 1.27 bits per heavy atom. The molecule has 0 spiro atoms. The summed E-state index contributed by atoms with van der Waals surface area (Å²) >= 11 is 1.34. The summed E-state index contributed by atoms with van der Waals surface area (Å²) in [5.41, 5.74) is 2.04. The van der Waals surface area contributed by atoms with Crippen LogP contribution in [0.25, 0.3) is 11.0 Å². The second-order valence-corrected chi connectivity index (χ2v) is 7.06. The molecule has 0 unspecified atom stereocenters. The number of rotatable bonds is 7. The molecule has 26 heavy (non-hydrogen) atoms. The number of nitrogens with zero attached hydrogens (tertiary/aromatic N) is 2. The number of anilines is 1. The van der Waals surface area contributed by atoms with E-state index in [0.29, 0.717) is 13.2 Å². The van der Waals surface area contributed by atoms with Crippen molar-refractivity contribution in [2.24, 2.45) is 0 Å². The number of benzene rings is 2. The van der Waals surface area contributed by atoms with E-state index in [1.54, 1.807) is 32.2 Å². The number of halogens is 1. The van der Waals surface area contributed by atoms with E-state index in [4.69, 9.17) is 4.74 Å². The SMILES string of the molecule is COCCn1c(S[C@@H](C)C(=O)Nc2ccccc2F)nc2ccccc21. The number of carbonyl (C=O) groups excluding carboxylic acids is 1. The molecular formula is C19H20FN3O2S. The van der Waals surface area contributed by atoms with Gasteiger partial charge >= 0.3 is 0 Å². The summed E-state index contributed by atoms with van der Waals surface area (Å²) < 4.78 is 21.0. The zero-order chi connectivity index (χ0) is 18.5. The molecule has 0 saturated heterocycles. The van der Waals surface area contributed by atoms with Gasteiger partial charge in [-0.25, -0.2) is 9.37 Å². The third-order valence-corrected chi connectivity index (χ3v) is 5.01. The number of amides is 1. The first-order valence-corrected chi connectivity index (χ1v) is 9.14. The number of ether oxygens (including phenoxy) is 1. The summed E-state index contributed by atoms with van der Waals surface area (Å²) in [5, 5.41) is 2.93. The van der Waals surface area contributed by atoms with E-state index in [0.717, 1.165) is 16.2 Å². The molecule has 2 aromatic carbocycles. The normalized spacial score (nSPS) is 12.3. The number of carbonyl (C=O) groups is 1. The molecule has 0 aliphatic rings. The van der Waals surface area contributed by atoms with Crippen LogP contribution in [0, 0.1) is 5.82 Å². The molecule has 0 fully saturated rings. The second kappa shape index (κ2) is 8.33. The van der Waals surface area contributed by atoms with E-state index in [9.17, 15) is 9.18 Å². The Morgan fingerprint density at radius 3 is 2.77 bits per heavy atom. The molecule has 0 bridgehead atoms. The fraction of sp³-hybridized carbons (Fsp3) is 0.263. The maximum atomic E-state index is 13.7. The van der Waals surface area contributed by atoms with E-state index in [1.165, 1.54) is 17.8 Å². The minimum Gasteiger partial charge on any atom is -0.383 e. The van der Waals surface area contributed by atoms with Gasteiger partial charge in [0.2, 0.25) is 5.91 Å². The predicted octanol–water partition coefficient (Wildman–Crippen LogP) is 3.94. The number of aromatic nitrogens is 2. The lowest BCUT2D eigenvalue weighted by atomic mass is 10.3. The highest BCUT2D eigenvalue weighted by atomic mass is 32.2.